The molecule has 0 saturated carbocycles. The zero-order chi connectivity index (χ0) is 25.1. The Morgan fingerprint density at radius 1 is 1.03 bits per heavy atom. The fourth-order valence-electron chi connectivity index (χ4n) is 2.91. The molecule has 0 radical (unpaired) electrons. The second-order valence-electron chi connectivity index (χ2n) is 6.90. The third kappa shape index (κ3) is 5.78. The van der Waals surface area contributed by atoms with Gasteiger partial charge in [0.05, 0.1) is 34.0 Å². The maximum absolute atomic E-state index is 13.4. The number of nitrogens with one attached hydrogen (secondary N) is 1. The molecule has 0 fully saturated rings. The Hall–Kier alpha value is -3.31. The predicted molar refractivity (Wildman–Crippen MR) is 119 cm³/mol. The summed E-state index contributed by atoms with van der Waals surface area (Å²) in [7, 11) is -2.94. The number of hydrogen-bond acceptors (Lipinski definition) is 4. The Labute approximate surface area is 197 Å². The summed E-state index contributed by atoms with van der Waals surface area (Å²) in [5.41, 5.74) is -1.43. The average Bonchev–Trinajstić information content (AvgIpc) is 2.79. The van der Waals surface area contributed by atoms with Crippen LogP contribution in [0.4, 0.5) is 28.9 Å². The minimum atomic E-state index is -4.68. The highest BCUT2D eigenvalue weighted by Crippen LogP contribution is 2.34. The lowest BCUT2D eigenvalue weighted by Crippen LogP contribution is -2.38. The van der Waals surface area contributed by atoms with E-state index >= 15 is 0 Å². The molecule has 3 rings (SSSR count). The topological polar surface area (TPSA) is 75.7 Å². The molecule has 0 spiro atoms. The summed E-state index contributed by atoms with van der Waals surface area (Å²) in [5, 5.41) is 2.03. The summed E-state index contributed by atoms with van der Waals surface area (Å²) < 4.78 is 84.8. The van der Waals surface area contributed by atoms with Crippen molar-refractivity contribution in [3.63, 3.8) is 0 Å². The van der Waals surface area contributed by atoms with E-state index in [2.05, 4.69) is 5.32 Å². The number of nitrogens with zero attached hydrogens (tertiary/aromatic N) is 1. The normalized spacial score (nSPS) is 11.7. The van der Waals surface area contributed by atoms with Gasteiger partial charge in [-0.2, -0.15) is 13.2 Å². The second-order valence-corrected chi connectivity index (χ2v) is 9.17. The fraction of sp³-hybridized carbons (Fsp3) is 0.136. The molecule has 1 amide bonds. The van der Waals surface area contributed by atoms with Gasteiger partial charge in [0.1, 0.15) is 18.1 Å². The molecule has 1 N–H and O–H groups in total. The van der Waals surface area contributed by atoms with Crippen molar-refractivity contribution in [1.82, 2.24) is 0 Å². The van der Waals surface area contributed by atoms with E-state index in [4.69, 9.17) is 16.3 Å². The molecule has 34 heavy (non-hydrogen) atoms. The third-order valence-electron chi connectivity index (χ3n) is 4.62. The fourth-order valence-corrected chi connectivity index (χ4v) is 4.50. The number of methoxy groups -OCH3 is 1. The van der Waals surface area contributed by atoms with Gasteiger partial charge in [-0.3, -0.25) is 9.10 Å². The SMILES string of the molecule is COc1ccc(S(=O)(=O)N(CC(=O)Nc2cc(C(F)(F)F)ccc2Cl)c2ccc(F)cc2)cc1. The number of sulfonamides is 1. The monoisotopic (exact) mass is 516 g/mol. The second kappa shape index (κ2) is 9.90. The number of ether oxygens (including phenoxy) is 1. The standard InChI is InChI=1S/C22H17ClF4N2O4S/c1-33-17-7-9-18(10-8-17)34(31,32)29(16-5-3-15(24)4-6-16)13-21(30)28-20-12-14(22(25,26)27)2-11-19(20)23/h2-12H,13H2,1H3,(H,28,30). The van der Waals surface area contributed by atoms with Crippen LogP contribution in [0.3, 0.4) is 0 Å². The number of carbonyl (C=O) groups is 1. The van der Waals surface area contributed by atoms with E-state index in [9.17, 15) is 30.8 Å². The van der Waals surface area contributed by atoms with Crippen molar-refractivity contribution in [1.29, 1.82) is 0 Å². The minimum absolute atomic E-state index is 0.0393. The molecule has 0 aliphatic carbocycles. The van der Waals surface area contributed by atoms with Crippen LogP contribution in [0.5, 0.6) is 5.75 Å². The van der Waals surface area contributed by atoms with Gasteiger partial charge in [-0.15, -0.1) is 0 Å². The van der Waals surface area contributed by atoms with Crippen LogP contribution in [0, 0.1) is 5.82 Å². The Morgan fingerprint density at radius 2 is 1.65 bits per heavy atom. The lowest BCUT2D eigenvalue weighted by molar-refractivity contribution is -0.137. The summed E-state index contributed by atoms with van der Waals surface area (Å²) >= 11 is 5.91. The highest BCUT2D eigenvalue weighted by Gasteiger charge is 2.32. The highest BCUT2D eigenvalue weighted by molar-refractivity contribution is 7.92. The van der Waals surface area contributed by atoms with Crippen molar-refractivity contribution in [2.75, 3.05) is 23.3 Å². The van der Waals surface area contributed by atoms with Crippen LogP contribution in [0.1, 0.15) is 5.56 Å². The van der Waals surface area contributed by atoms with Crippen LogP contribution in [-0.2, 0) is 21.0 Å². The average molecular weight is 517 g/mol. The smallest absolute Gasteiger partial charge is 0.416 e. The van der Waals surface area contributed by atoms with Crippen LogP contribution in [0.25, 0.3) is 0 Å². The number of alkyl halides is 3. The molecule has 0 aliphatic rings. The molecule has 0 atom stereocenters. The van der Waals surface area contributed by atoms with Gasteiger partial charge < -0.3 is 10.1 Å². The summed E-state index contributed by atoms with van der Waals surface area (Å²) in [4.78, 5) is 12.5. The van der Waals surface area contributed by atoms with E-state index in [1.807, 2.05) is 0 Å². The Bertz CT molecular complexity index is 1280. The first-order valence-electron chi connectivity index (χ1n) is 9.51. The van der Waals surface area contributed by atoms with Gasteiger partial charge in [0.15, 0.2) is 0 Å². The van der Waals surface area contributed by atoms with Gasteiger partial charge in [0, 0.05) is 0 Å². The first-order chi connectivity index (χ1) is 15.9. The number of anilines is 2. The molecule has 6 nitrogen and oxygen atoms in total. The zero-order valence-corrected chi connectivity index (χ0v) is 19.0. The summed E-state index contributed by atoms with van der Waals surface area (Å²) in [5.74, 6) is -1.21. The minimum Gasteiger partial charge on any atom is -0.497 e. The van der Waals surface area contributed by atoms with Gasteiger partial charge in [-0.05, 0) is 66.7 Å². The molecule has 0 aromatic heterocycles. The van der Waals surface area contributed by atoms with E-state index in [0.717, 1.165) is 36.4 Å². The van der Waals surface area contributed by atoms with Crippen molar-refractivity contribution >= 4 is 38.9 Å². The molecular formula is C22H17ClF4N2O4S. The summed E-state index contributed by atoms with van der Waals surface area (Å²) in [6, 6.07) is 12.0. The van der Waals surface area contributed by atoms with Crippen LogP contribution >= 0.6 is 11.6 Å². The lowest BCUT2D eigenvalue weighted by Gasteiger charge is -2.24. The maximum atomic E-state index is 13.4. The van der Waals surface area contributed by atoms with Crippen molar-refractivity contribution in [2.45, 2.75) is 11.1 Å². The van der Waals surface area contributed by atoms with E-state index in [1.54, 1.807) is 0 Å². The van der Waals surface area contributed by atoms with Gasteiger partial charge in [0.25, 0.3) is 10.0 Å². The first kappa shape index (κ1) is 25.3. The molecule has 0 unspecified atom stereocenters. The number of rotatable bonds is 7. The predicted octanol–water partition coefficient (Wildman–Crippen LogP) is 5.34. The summed E-state index contributed by atoms with van der Waals surface area (Å²) in [6.07, 6.45) is -4.68. The lowest BCUT2D eigenvalue weighted by atomic mass is 10.2. The zero-order valence-electron chi connectivity index (χ0n) is 17.4. The molecule has 0 aliphatic heterocycles. The van der Waals surface area contributed by atoms with Crippen LogP contribution < -0.4 is 14.4 Å². The Balaban J connectivity index is 1.95. The largest absolute Gasteiger partial charge is 0.497 e. The number of halogens is 5. The summed E-state index contributed by atoms with van der Waals surface area (Å²) in [6.45, 7) is -0.827. The van der Waals surface area contributed by atoms with Gasteiger partial charge >= 0.3 is 6.18 Å². The van der Waals surface area contributed by atoms with E-state index in [-0.39, 0.29) is 21.3 Å². The Morgan fingerprint density at radius 3 is 2.21 bits per heavy atom. The number of benzene rings is 3. The van der Waals surface area contributed by atoms with E-state index < -0.39 is 40.0 Å². The van der Waals surface area contributed by atoms with Crippen molar-refractivity contribution < 1.29 is 35.5 Å². The molecule has 0 saturated heterocycles. The quantitative estimate of drug-likeness (QED) is 0.430. The molecule has 12 heteroatoms. The Kier molecular flexibility index (Phi) is 7.37. The van der Waals surface area contributed by atoms with Crippen molar-refractivity contribution in [3.05, 3.63) is 83.1 Å². The van der Waals surface area contributed by atoms with Crippen LogP contribution in [0.15, 0.2) is 71.6 Å². The van der Waals surface area contributed by atoms with Gasteiger partial charge in [0.2, 0.25) is 5.91 Å². The number of carbonyl (C=O) groups excluding carboxylic acids is 1. The third-order valence-corrected chi connectivity index (χ3v) is 6.73. The molecular weight excluding hydrogens is 500 g/mol. The molecule has 3 aromatic rings. The number of amides is 1. The van der Waals surface area contributed by atoms with E-state index in [1.165, 1.54) is 31.4 Å². The van der Waals surface area contributed by atoms with Crippen molar-refractivity contribution in [2.24, 2.45) is 0 Å². The molecule has 0 bridgehead atoms. The molecule has 0 heterocycles. The van der Waals surface area contributed by atoms with Crippen LogP contribution in [0.2, 0.25) is 5.02 Å². The van der Waals surface area contributed by atoms with Gasteiger partial charge in [-0.1, -0.05) is 11.6 Å². The van der Waals surface area contributed by atoms with Crippen molar-refractivity contribution in [3.8, 4) is 5.75 Å². The maximum Gasteiger partial charge on any atom is 0.416 e. The highest BCUT2D eigenvalue weighted by atomic mass is 35.5. The first-order valence-corrected chi connectivity index (χ1v) is 11.3. The molecule has 180 valence electrons. The number of hydrogen-bond donors (Lipinski definition) is 1. The van der Waals surface area contributed by atoms with E-state index in [0.29, 0.717) is 16.1 Å². The van der Waals surface area contributed by atoms with Crippen LogP contribution in [-0.4, -0.2) is 28.0 Å². The van der Waals surface area contributed by atoms with Gasteiger partial charge in [-0.25, -0.2) is 12.8 Å². The molecule has 3 aromatic carbocycles.